The second-order valence-corrected chi connectivity index (χ2v) is 9.52. The Morgan fingerprint density at radius 1 is 1.11 bits per heavy atom. The largest absolute Gasteiger partial charge is 0.496 e. The summed E-state index contributed by atoms with van der Waals surface area (Å²) in [6.45, 7) is 9.57. The average molecular weight is 514 g/mol. The molecular weight excluding hydrogens is 474 g/mol. The average Bonchev–Trinajstić information content (AvgIpc) is 2.94. The van der Waals surface area contributed by atoms with Crippen molar-refractivity contribution < 1.29 is 9.53 Å². The number of carbonyl (C=O) groups is 1. The third-order valence-corrected chi connectivity index (χ3v) is 7.07. The first-order valence-electron chi connectivity index (χ1n) is 13.5. The lowest BCUT2D eigenvalue weighted by molar-refractivity contribution is -0.112. The van der Waals surface area contributed by atoms with Crippen LogP contribution in [0, 0.1) is 0 Å². The molecule has 7 heteroatoms. The highest BCUT2D eigenvalue weighted by Gasteiger charge is 2.16. The molecule has 4 rings (SSSR count). The maximum atomic E-state index is 12.9. The second-order valence-electron chi connectivity index (χ2n) is 9.52. The van der Waals surface area contributed by atoms with Crippen molar-refractivity contribution in [1.82, 2.24) is 4.90 Å². The fourth-order valence-electron chi connectivity index (χ4n) is 4.74. The molecule has 2 aromatic carbocycles. The Morgan fingerprint density at radius 2 is 1.87 bits per heavy atom. The van der Waals surface area contributed by atoms with Crippen molar-refractivity contribution in [2.45, 2.75) is 33.1 Å². The van der Waals surface area contributed by atoms with Crippen molar-refractivity contribution >= 4 is 28.7 Å². The first kappa shape index (κ1) is 27.2. The van der Waals surface area contributed by atoms with E-state index in [1.807, 2.05) is 36.4 Å². The molecule has 2 aliphatic heterocycles. The third-order valence-electron chi connectivity index (χ3n) is 7.07. The molecule has 2 aromatic rings. The molecule has 1 fully saturated rings. The highest BCUT2D eigenvalue weighted by Crippen LogP contribution is 2.26. The normalized spacial score (nSPS) is 20.4. The highest BCUT2D eigenvalue weighted by atomic mass is 16.5. The summed E-state index contributed by atoms with van der Waals surface area (Å²) in [5.74, 6) is 0.535. The van der Waals surface area contributed by atoms with Gasteiger partial charge in [0.25, 0.3) is 5.91 Å². The Hall–Kier alpha value is -3.84. The maximum Gasteiger partial charge on any atom is 0.271 e. The standard InChI is InChI=1S/C31H39N5O2/c1-4-23-21-24(11-16-30(23)38-3)29-10-8-6-7-9-26(33-29)22-28(32)31(37)34-25-12-14-27(15-13-25)36-19-17-35(5-2)18-20-36/h6,8,10-16,21-22H,4-5,7,9,17-20,32H2,1-3H3,(H,34,37)/b8-6-,28-22-,29-10-,33-26+. The summed E-state index contributed by atoms with van der Waals surface area (Å²) in [7, 11) is 1.68. The number of piperazine rings is 1. The smallest absolute Gasteiger partial charge is 0.271 e. The minimum Gasteiger partial charge on any atom is -0.496 e. The highest BCUT2D eigenvalue weighted by molar-refractivity contribution is 6.09. The van der Waals surface area contributed by atoms with Gasteiger partial charge in [-0.1, -0.05) is 26.0 Å². The number of ether oxygens (including phenoxy) is 1. The van der Waals surface area contributed by atoms with E-state index in [0.717, 1.165) is 79.5 Å². The number of aryl methyl sites for hydroxylation is 1. The summed E-state index contributed by atoms with van der Waals surface area (Å²) >= 11 is 0. The van der Waals surface area contributed by atoms with Crippen LogP contribution in [-0.4, -0.2) is 56.4 Å². The number of nitrogens with two attached hydrogens (primary N) is 1. The van der Waals surface area contributed by atoms with Gasteiger partial charge in [-0.15, -0.1) is 0 Å². The summed E-state index contributed by atoms with van der Waals surface area (Å²) < 4.78 is 5.47. The van der Waals surface area contributed by atoms with Gasteiger partial charge in [0, 0.05) is 48.8 Å². The molecule has 3 N–H and O–H groups in total. The number of aliphatic imine (C=N–C) groups is 1. The van der Waals surface area contributed by atoms with Gasteiger partial charge in [0.05, 0.1) is 18.5 Å². The molecule has 0 unspecified atom stereocenters. The number of allylic oxidation sites excluding steroid dienone is 4. The van der Waals surface area contributed by atoms with Gasteiger partial charge < -0.3 is 25.6 Å². The number of hydrogen-bond acceptors (Lipinski definition) is 6. The van der Waals surface area contributed by atoms with Crippen molar-refractivity contribution in [3.63, 3.8) is 0 Å². The number of nitrogens with zero attached hydrogens (tertiary/aromatic N) is 3. The zero-order valence-electron chi connectivity index (χ0n) is 22.7. The first-order valence-corrected chi connectivity index (χ1v) is 13.5. The van der Waals surface area contributed by atoms with E-state index >= 15 is 0 Å². The molecule has 1 amide bonds. The van der Waals surface area contributed by atoms with Gasteiger partial charge in [0.15, 0.2) is 0 Å². The van der Waals surface area contributed by atoms with Crippen LogP contribution in [0.4, 0.5) is 11.4 Å². The van der Waals surface area contributed by atoms with Gasteiger partial charge >= 0.3 is 0 Å². The van der Waals surface area contributed by atoms with Crippen LogP contribution in [0.25, 0.3) is 5.70 Å². The number of anilines is 2. The molecule has 0 aliphatic carbocycles. The number of benzene rings is 2. The minimum atomic E-state index is -0.335. The van der Waals surface area contributed by atoms with Gasteiger partial charge in [-0.05, 0) is 86.0 Å². The zero-order chi connectivity index (χ0) is 26.9. The fourth-order valence-corrected chi connectivity index (χ4v) is 4.74. The molecule has 7 nitrogen and oxygen atoms in total. The number of amides is 1. The predicted molar refractivity (Wildman–Crippen MR) is 158 cm³/mol. The van der Waals surface area contributed by atoms with E-state index in [-0.39, 0.29) is 11.6 Å². The number of methoxy groups -OCH3 is 1. The Bertz CT molecular complexity index is 1240. The zero-order valence-corrected chi connectivity index (χ0v) is 22.7. The van der Waals surface area contributed by atoms with E-state index in [1.165, 1.54) is 5.69 Å². The van der Waals surface area contributed by atoms with Gasteiger partial charge in [0.2, 0.25) is 0 Å². The summed E-state index contributed by atoms with van der Waals surface area (Å²) in [5, 5.41) is 2.92. The van der Waals surface area contributed by atoms with Crippen molar-refractivity contribution in [2.75, 3.05) is 50.1 Å². The van der Waals surface area contributed by atoms with Crippen LogP contribution in [0.5, 0.6) is 5.75 Å². The quantitative estimate of drug-likeness (QED) is 0.485. The number of likely N-dealkylation sites (N-methyl/N-ethyl adjacent to an activating group) is 1. The topological polar surface area (TPSA) is 83.2 Å². The second kappa shape index (κ2) is 13.1. The van der Waals surface area contributed by atoms with Crippen LogP contribution in [-0.2, 0) is 11.2 Å². The lowest BCUT2D eigenvalue weighted by atomic mass is 10.0. The Kier molecular flexibility index (Phi) is 9.38. The Balaban J connectivity index is 1.45. The van der Waals surface area contributed by atoms with Crippen molar-refractivity contribution in [3.8, 4) is 5.75 Å². The number of carbonyl (C=O) groups excluding carboxylic acids is 1. The molecule has 0 bridgehead atoms. The van der Waals surface area contributed by atoms with Crippen LogP contribution in [0.3, 0.4) is 0 Å². The van der Waals surface area contributed by atoms with Gasteiger partial charge in [0.1, 0.15) is 5.75 Å². The van der Waals surface area contributed by atoms with E-state index in [9.17, 15) is 4.79 Å². The number of hydrogen-bond donors (Lipinski definition) is 2. The maximum absolute atomic E-state index is 12.9. The van der Waals surface area contributed by atoms with E-state index in [1.54, 1.807) is 13.2 Å². The van der Waals surface area contributed by atoms with Crippen LogP contribution in [0.15, 0.2) is 77.5 Å². The third kappa shape index (κ3) is 6.92. The van der Waals surface area contributed by atoms with E-state index in [4.69, 9.17) is 15.5 Å². The van der Waals surface area contributed by atoms with Gasteiger partial charge in [-0.2, -0.15) is 0 Å². The first-order chi connectivity index (χ1) is 18.5. The number of rotatable bonds is 8. The summed E-state index contributed by atoms with van der Waals surface area (Å²) in [5.41, 5.74) is 12.0. The van der Waals surface area contributed by atoms with Crippen molar-refractivity contribution in [2.24, 2.45) is 10.7 Å². The lowest BCUT2D eigenvalue weighted by Gasteiger charge is -2.35. The molecule has 38 heavy (non-hydrogen) atoms. The Morgan fingerprint density at radius 3 is 2.55 bits per heavy atom. The van der Waals surface area contributed by atoms with Crippen LogP contribution in [0.2, 0.25) is 0 Å². The molecule has 0 spiro atoms. The summed E-state index contributed by atoms with van der Waals surface area (Å²) in [6.07, 6.45) is 10.2. The van der Waals surface area contributed by atoms with Gasteiger partial charge in [-0.25, -0.2) is 0 Å². The summed E-state index contributed by atoms with van der Waals surface area (Å²) in [4.78, 5) is 22.6. The van der Waals surface area contributed by atoms with Crippen LogP contribution >= 0.6 is 0 Å². The molecule has 2 aliphatic rings. The summed E-state index contributed by atoms with van der Waals surface area (Å²) in [6, 6.07) is 14.1. The molecule has 2 heterocycles. The molecular formula is C31H39N5O2. The van der Waals surface area contributed by atoms with E-state index in [0.29, 0.717) is 6.42 Å². The van der Waals surface area contributed by atoms with Gasteiger partial charge in [-0.3, -0.25) is 9.79 Å². The van der Waals surface area contributed by atoms with E-state index in [2.05, 4.69) is 53.2 Å². The minimum absolute atomic E-state index is 0.136. The van der Waals surface area contributed by atoms with Crippen LogP contribution in [0.1, 0.15) is 37.8 Å². The molecule has 0 atom stereocenters. The molecule has 200 valence electrons. The number of nitrogens with one attached hydrogen (secondary N) is 1. The van der Waals surface area contributed by atoms with Crippen LogP contribution < -0.4 is 20.7 Å². The van der Waals surface area contributed by atoms with Crippen molar-refractivity contribution in [3.05, 3.63) is 83.6 Å². The molecule has 0 aromatic heterocycles. The Labute approximate surface area is 226 Å². The molecule has 1 saturated heterocycles. The molecule has 0 saturated carbocycles. The monoisotopic (exact) mass is 513 g/mol. The van der Waals surface area contributed by atoms with E-state index < -0.39 is 0 Å². The van der Waals surface area contributed by atoms with Crippen molar-refractivity contribution in [1.29, 1.82) is 0 Å². The lowest BCUT2D eigenvalue weighted by Crippen LogP contribution is -2.46. The molecule has 0 radical (unpaired) electrons. The SMILES string of the molecule is CCc1cc(C2=C/C=C\CCC(/C=C(\N)C(=O)Nc3ccc(N4CCN(CC)CC4)cc3)=N\2)ccc1OC. The predicted octanol–water partition coefficient (Wildman–Crippen LogP) is 5.01. The fraction of sp³-hybridized carbons (Fsp3) is 0.355.